The monoisotopic (exact) mass is 264 g/mol. The molecule has 0 saturated heterocycles. The van der Waals surface area contributed by atoms with Gasteiger partial charge in [0, 0.05) is 5.75 Å². The van der Waals surface area contributed by atoms with Crippen LogP contribution >= 0.6 is 13.6 Å². The molecule has 0 spiro atoms. The van der Waals surface area contributed by atoms with Crippen LogP contribution in [0.15, 0.2) is 18.2 Å². The van der Waals surface area contributed by atoms with E-state index in [1.165, 1.54) is 21.9 Å². The minimum absolute atomic E-state index is 0.792. The van der Waals surface area contributed by atoms with Crippen molar-refractivity contribution in [3.05, 3.63) is 29.8 Å². The minimum atomic E-state index is 0.792. The molecule has 0 atom stereocenters. The first-order valence-electron chi connectivity index (χ1n) is 3.12. The van der Waals surface area contributed by atoms with Crippen molar-refractivity contribution >= 4 is 13.6 Å². The molecule has 0 heterocycles. The molecule has 3 heteroatoms. The summed E-state index contributed by atoms with van der Waals surface area (Å²) in [6.45, 7) is 2.02. The summed E-state index contributed by atoms with van der Waals surface area (Å²) in [4.78, 5) is 0. The van der Waals surface area contributed by atoms with Gasteiger partial charge in [0.15, 0.2) is 0 Å². The molecule has 1 aromatic rings. The molecule has 56 valence electrons. The van der Waals surface area contributed by atoms with E-state index >= 15 is 0 Å². The third-order valence-corrected chi connectivity index (χ3v) is 1.16. The van der Waals surface area contributed by atoms with Gasteiger partial charge in [0.05, 0.1) is 7.11 Å². The Kier molecular flexibility index (Phi) is 6.89. The molecular formula is C8H9BrOZn. The Balaban J connectivity index is 0.000000461. The second-order valence-electron chi connectivity index (χ2n) is 1.93. The number of benzene rings is 1. The third-order valence-electron chi connectivity index (χ3n) is 1.16. The van der Waals surface area contributed by atoms with Crippen molar-refractivity contribution < 1.29 is 21.1 Å². The quantitative estimate of drug-likeness (QED) is 0.561. The maximum absolute atomic E-state index is 4.91. The Hall–Kier alpha value is 0.123. The van der Waals surface area contributed by atoms with Gasteiger partial charge in [0.2, 0.25) is 0 Å². The van der Waals surface area contributed by atoms with Gasteiger partial charge in [-0.2, -0.15) is 17.7 Å². The molecule has 0 unspecified atom stereocenters. The first kappa shape index (κ1) is 11.1. The fourth-order valence-electron chi connectivity index (χ4n) is 0.615. The molecule has 1 rings (SSSR count). The summed E-state index contributed by atoms with van der Waals surface area (Å²) in [5.74, 6) is 0.792. The fourth-order valence-corrected chi connectivity index (χ4v) is 0.615. The summed E-state index contributed by atoms with van der Waals surface area (Å²) in [5, 5.41) is 0. The van der Waals surface area contributed by atoms with Crippen molar-refractivity contribution in [2.24, 2.45) is 0 Å². The number of hydrogen-bond donors (Lipinski definition) is 0. The van der Waals surface area contributed by atoms with Gasteiger partial charge in [-0.1, -0.05) is 6.92 Å². The molecule has 0 aromatic heterocycles. The zero-order valence-corrected chi connectivity index (χ0v) is 11.3. The van der Waals surface area contributed by atoms with Gasteiger partial charge >= 0.3 is 30.0 Å². The van der Waals surface area contributed by atoms with Gasteiger partial charge < -0.3 is 4.74 Å². The van der Waals surface area contributed by atoms with Crippen LogP contribution in [0.1, 0.15) is 5.56 Å². The molecule has 0 N–H and O–H groups in total. The number of hydrogen-bond acceptors (Lipinski definition) is 1. The van der Waals surface area contributed by atoms with Crippen LogP contribution < -0.4 is 4.74 Å². The average Bonchev–Trinajstić information content (AvgIpc) is 2.10. The Morgan fingerprint density at radius 2 is 2.09 bits per heavy atom. The Bertz CT molecular complexity index is 186. The van der Waals surface area contributed by atoms with E-state index in [0.717, 1.165) is 5.75 Å². The first-order chi connectivity index (χ1) is 5.33. The average molecular weight is 266 g/mol. The molecule has 0 saturated carbocycles. The third kappa shape index (κ3) is 4.55. The summed E-state index contributed by atoms with van der Waals surface area (Å²) in [6, 6.07) is 8.76. The predicted octanol–water partition coefficient (Wildman–Crippen LogP) is 2.65. The van der Waals surface area contributed by atoms with Crippen molar-refractivity contribution in [3.8, 4) is 5.75 Å². The number of rotatable bonds is 1. The van der Waals surface area contributed by atoms with Crippen molar-refractivity contribution in [1.29, 1.82) is 0 Å². The molecule has 0 amide bonds. The van der Waals surface area contributed by atoms with Crippen LogP contribution in [0.2, 0.25) is 0 Å². The number of aryl methyl sites for hydroxylation is 1. The summed E-state index contributed by atoms with van der Waals surface area (Å²) in [5.41, 5.74) is 1.20. The molecule has 0 radical (unpaired) electrons. The summed E-state index contributed by atoms with van der Waals surface area (Å²) >= 11 is 4.25. The number of methoxy groups -OCH3 is 1. The van der Waals surface area contributed by atoms with Crippen LogP contribution in [0.5, 0.6) is 5.75 Å². The van der Waals surface area contributed by atoms with E-state index in [-0.39, 0.29) is 0 Å². The molecule has 11 heavy (non-hydrogen) atoms. The summed E-state index contributed by atoms with van der Waals surface area (Å²) in [7, 11) is 1.64. The van der Waals surface area contributed by atoms with E-state index < -0.39 is 0 Å². The van der Waals surface area contributed by atoms with Crippen LogP contribution in [-0.2, 0) is 16.3 Å². The van der Waals surface area contributed by atoms with E-state index in [9.17, 15) is 0 Å². The van der Waals surface area contributed by atoms with Gasteiger partial charge in [-0.25, -0.2) is 0 Å². The zero-order chi connectivity index (χ0) is 8.69. The van der Waals surface area contributed by atoms with Gasteiger partial charge in [-0.3, -0.25) is 0 Å². The van der Waals surface area contributed by atoms with E-state index in [2.05, 4.69) is 19.7 Å². The second kappa shape index (κ2) is 6.81. The van der Waals surface area contributed by atoms with Crippen molar-refractivity contribution in [1.82, 2.24) is 0 Å². The Morgan fingerprint density at radius 1 is 1.45 bits per heavy atom. The van der Waals surface area contributed by atoms with Crippen LogP contribution in [-0.4, -0.2) is 7.11 Å². The molecule has 0 aliphatic rings. The Morgan fingerprint density at radius 3 is 2.45 bits per heavy atom. The number of ether oxygens (including phenoxy) is 1. The van der Waals surface area contributed by atoms with Crippen molar-refractivity contribution in [2.75, 3.05) is 7.11 Å². The predicted molar refractivity (Wildman–Crippen MR) is 45.5 cm³/mol. The Labute approximate surface area is 84.2 Å². The van der Waals surface area contributed by atoms with Gasteiger partial charge in [-0.05, 0) is 0 Å². The molecule has 1 nitrogen and oxygen atoms in total. The summed E-state index contributed by atoms with van der Waals surface area (Å²) in [6.07, 6.45) is 0. The van der Waals surface area contributed by atoms with Crippen molar-refractivity contribution in [2.45, 2.75) is 6.92 Å². The van der Waals surface area contributed by atoms with E-state index in [1.54, 1.807) is 7.11 Å². The first-order valence-corrected chi connectivity index (χ1v) is 10.1. The van der Waals surface area contributed by atoms with Crippen LogP contribution in [0, 0.1) is 13.0 Å². The van der Waals surface area contributed by atoms with Crippen molar-refractivity contribution in [3.63, 3.8) is 0 Å². The normalized spacial score (nSPS) is 8.09. The fraction of sp³-hybridized carbons (Fsp3) is 0.250. The topological polar surface area (TPSA) is 9.23 Å². The molecule has 0 fully saturated rings. The maximum atomic E-state index is 4.91. The van der Waals surface area contributed by atoms with Gasteiger partial charge in [0.25, 0.3) is 0 Å². The van der Waals surface area contributed by atoms with E-state index in [0.29, 0.717) is 0 Å². The zero-order valence-electron chi connectivity index (χ0n) is 6.73. The van der Waals surface area contributed by atoms with Crippen LogP contribution in [0.4, 0.5) is 0 Å². The molecular weight excluding hydrogens is 257 g/mol. The molecule has 0 aliphatic carbocycles. The SMILES string of the molecule is COc1[c-]cc(C)cc1.[Zn+][Br]. The van der Waals surface area contributed by atoms with Gasteiger partial charge in [-0.15, -0.1) is 12.1 Å². The molecule has 0 aliphatic heterocycles. The number of halogens is 1. The van der Waals surface area contributed by atoms with E-state index in [1.807, 2.05) is 25.1 Å². The van der Waals surface area contributed by atoms with E-state index in [4.69, 9.17) is 4.74 Å². The second-order valence-corrected chi connectivity index (χ2v) is 1.93. The standard InChI is InChI=1S/C8H9O.BrH.Zn/c1-7-3-5-8(9-2)6-4-7;;/h3-5H,1-2H3;1H;/q-1;;+2/p-1. The molecule has 1 aromatic carbocycles. The van der Waals surface area contributed by atoms with Crippen LogP contribution in [0.25, 0.3) is 0 Å². The summed E-state index contributed by atoms with van der Waals surface area (Å²) < 4.78 is 4.91. The van der Waals surface area contributed by atoms with Crippen LogP contribution in [0.3, 0.4) is 0 Å². The van der Waals surface area contributed by atoms with Gasteiger partial charge in [0.1, 0.15) is 0 Å². The molecule has 0 bridgehead atoms.